The molecule has 0 radical (unpaired) electrons. The monoisotopic (exact) mass is 247 g/mol. The number of nitro groups is 1. The highest BCUT2D eigenvalue weighted by Crippen LogP contribution is 2.35. The van der Waals surface area contributed by atoms with Crippen LogP contribution < -0.4 is 0 Å². The normalized spacial score (nSPS) is 11.4. The van der Waals surface area contributed by atoms with E-state index in [0.29, 0.717) is 6.07 Å². The van der Waals surface area contributed by atoms with Crippen LogP contribution in [-0.2, 0) is 6.18 Å². The maximum atomic E-state index is 12.6. The summed E-state index contributed by atoms with van der Waals surface area (Å²) in [4.78, 5) is 20.7. The number of carbonyl (C=O) groups excluding carboxylic acids is 1. The van der Waals surface area contributed by atoms with Crippen LogP contribution in [0, 0.1) is 17.0 Å². The van der Waals surface area contributed by atoms with Crippen molar-refractivity contribution in [2.45, 2.75) is 20.0 Å². The van der Waals surface area contributed by atoms with Crippen LogP contribution in [-0.4, -0.2) is 10.7 Å². The zero-order valence-electron chi connectivity index (χ0n) is 8.96. The van der Waals surface area contributed by atoms with Gasteiger partial charge in [0.2, 0.25) is 0 Å². The lowest BCUT2D eigenvalue weighted by Gasteiger charge is -2.12. The maximum Gasteiger partial charge on any atom is 0.416 e. The first-order chi connectivity index (χ1) is 7.64. The molecule has 0 aliphatic rings. The van der Waals surface area contributed by atoms with Gasteiger partial charge in [-0.2, -0.15) is 13.2 Å². The maximum absolute atomic E-state index is 12.6. The van der Waals surface area contributed by atoms with E-state index in [2.05, 4.69) is 0 Å². The summed E-state index contributed by atoms with van der Waals surface area (Å²) in [5.74, 6) is -0.642. The molecule has 1 aromatic rings. The van der Waals surface area contributed by atoms with Gasteiger partial charge in [-0.15, -0.1) is 0 Å². The van der Waals surface area contributed by atoms with Gasteiger partial charge in [0.1, 0.15) is 0 Å². The van der Waals surface area contributed by atoms with Crippen LogP contribution in [0.2, 0.25) is 0 Å². The predicted octanol–water partition coefficient (Wildman–Crippen LogP) is 3.12. The van der Waals surface area contributed by atoms with Gasteiger partial charge in [-0.25, -0.2) is 0 Å². The number of halogens is 3. The lowest BCUT2D eigenvalue weighted by molar-refractivity contribution is -0.385. The van der Waals surface area contributed by atoms with Gasteiger partial charge >= 0.3 is 6.18 Å². The Morgan fingerprint density at radius 3 is 2.24 bits per heavy atom. The largest absolute Gasteiger partial charge is 0.416 e. The van der Waals surface area contributed by atoms with Crippen molar-refractivity contribution in [2.75, 3.05) is 0 Å². The van der Waals surface area contributed by atoms with Crippen molar-refractivity contribution in [1.82, 2.24) is 0 Å². The third kappa shape index (κ3) is 2.61. The summed E-state index contributed by atoms with van der Waals surface area (Å²) < 4.78 is 37.8. The van der Waals surface area contributed by atoms with Crippen molar-refractivity contribution in [2.24, 2.45) is 0 Å². The Kier molecular flexibility index (Phi) is 3.21. The molecule has 0 saturated heterocycles. The Labute approximate surface area is 94.2 Å². The summed E-state index contributed by atoms with van der Waals surface area (Å²) in [6, 6.07) is 1.29. The summed E-state index contributed by atoms with van der Waals surface area (Å²) >= 11 is 0. The smallest absolute Gasteiger partial charge is 0.294 e. The number of ketones is 1. The van der Waals surface area contributed by atoms with Gasteiger partial charge < -0.3 is 0 Å². The van der Waals surface area contributed by atoms with Crippen LogP contribution in [0.25, 0.3) is 0 Å². The molecule has 0 aromatic heterocycles. The Hall–Kier alpha value is -1.92. The van der Waals surface area contributed by atoms with Crippen molar-refractivity contribution >= 4 is 11.5 Å². The predicted molar refractivity (Wildman–Crippen MR) is 52.8 cm³/mol. The molecule has 0 atom stereocenters. The van der Waals surface area contributed by atoms with Crippen molar-refractivity contribution in [3.63, 3.8) is 0 Å². The molecule has 1 rings (SSSR count). The first-order valence-electron chi connectivity index (χ1n) is 4.51. The number of rotatable bonds is 2. The average Bonchev–Trinajstić information content (AvgIpc) is 2.15. The van der Waals surface area contributed by atoms with E-state index in [4.69, 9.17) is 0 Å². The first kappa shape index (κ1) is 13.1. The summed E-state index contributed by atoms with van der Waals surface area (Å²) in [7, 11) is 0. The van der Waals surface area contributed by atoms with Gasteiger partial charge in [0.25, 0.3) is 5.69 Å². The number of nitrogens with zero attached hydrogens (tertiary/aromatic N) is 1. The molecule has 0 heterocycles. The third-order valence-corrected chi connectivity index (χ3v) is 2.29. The van der Waals surface area contributed by atoms with E-state index in [1.165, 1.54) is 0 Å². The lowest BCUT2D eigenvalue weighted by atomic mass is 9.98. The quantitative estimate of drug-likeness (QED) is 0.458. The van der Waals surface area contributed by atoms with Gasteiger partial charge in [0, 0.05) is 17.7 Å². The van der Waals surface area contributed by atoms with E-state index >= 15 is 0 Å². The van der Waals surface area contributed by atoms with Crippen LogP contribution in [0.1, 0.15) is 28.4 Å². The van der Waals surface area contributed by atoms with E-state index in [-0.39, 0.29) is 11.1 Å². The SMILES string of the molecule is CC(=O)c1cc([N+](=O)[O-])cc(C(F)(F)F)c1C. The highest BCUT2D eigenvalue weighted by Gasteiger charge is 2.35. The molecule has 1 aromatic carbocycles. The molecule has 0 saturated carbocycles. The van der Waals surface area contributed by atoms with Crippen LogP contribution >= 0.6 is 0 Å². The van der Waals surface area contributed by atoms with E-state index in [1.54, 1.807) is 0 Å². The molecule has 92 valence electrons. The van der Waals surface area contributed by atoms with Crippen molar-refractivity contribution < 1.29 is 22.9 Å². The van der Waals surface area contributed by atoms with Gasteiger partial charge in [0.15, 0.2) is 5.78 Å². The molecule has 0 spiro atoms. The zero-order chi connectivity index (χ0) is 13.4. The minimum atomic E-state index is -4.72. The minimum Gasteiger partial charge on any atom is -0.294 e. The molecule has 0 bridgehead atoms. The molecule has 0 N–H and O–H groups in total. The van der Waals surface area contributed by atoms with Gasteiger partial charge in [-0.3, -0.25) is 14.9 Å². The average molecular weight is 247 g/mol. The standard InChI is InChI=1S/C10H8F3NO3/c1-5-8(6(2)15)3-7(14(16)17)4-9(5)10(11,12)13/h3-4H,1-2H3. The molecule has 4 nitrogen and oxygen atoms in total. The third-order valence-electron chi connectivity index (χ3n) is 2.29. The molecular weight excluding hydrogens is 239 g/mol. The summed E-state index contributed by atoms with van der Waals surface area (Å²) in [6.45, 7) is 2.18. The van der Waals surface area contributed by atoms with Crippen molar-refractivity contribution in [3.05, 3.63) is 38.9 Å². The Balaban J connectivity index is 3.60. The molecule has 0 amide bonds. The topological polar surface area (TPSA) is 60.2 Å². The lowest BCUT2D eigenvalue weighted by Crippen LogP contribution is -2.11. The molecule has 0 unspecified atom stereocenters. The minimum absolute atomic E-state index is 0.286. The highest BCUT2D eigenvalue weighted by molar-refractivity contribution is 5.96. The van der Waals surface area contributed by atoms with Gasteiger partial charge in [0.05, 0.1) is 10.5 Å². The number of hydrogen-bond acceptors (Lipinski definition) is 3. The van der Waals surface area contributed by atoms with Gasteiger partial charge in [-0.1, -0.05) is 0 Å². The number of alkyl halides is 3. The number of Topliss-reactive ketones (excluding diaryl/α,β-unsaturated/α-hetero) is 1. The molecule has 0 fully saturated rings. The molecule has 17 heavy (non-hydrogen) atoms. The number of non-ortho nitro benzene ring substituents is 1. The van der Waals surface area contributed by atoms with Crippen molar-refractivity contribution in [3.8, 4) is 0 Å². The second-order valence-electron chi connectivity index (χ2n) is 3.48. The summed E-state index contributed by atoms with van der Waals surface area (Å²) in [5.41, 5.74) is -2.48. The summed E-state index contributed by atoms with van der Waals surface area (Å²) in [6.07, 6.45) is -4.72. The Morgan fingerprint density at radius 1 is 1.35 bits per heavy atom. The number of carbonyl (C=O) groups is 1. The molecule has 7 heteroatoms. The molecular formula is C10H8F3NO3. The fraction of sp³-hybridized carbons (Fsp3) is 0.300. The second kappa shape index (κ2) is 4.15. The van der Waals surface area contributed by atoms with Crippen LogP contribution in [0.4, 0.5) is 18.9 Å². The van der Waals surface area contributed by atoms with Crippen molar-refractivity contribution in [1.29, 1.82) is 0 Å². The van der Waals surface area contributed by atoms with E-state index in [0.717, 1.165) is 19.9 Å². The van der Waals surface area contributed by atoms with E-state index < -0.39 is 28.1 Å². The van der Waals surface area contributed by atoms with Crippen LogP contribution in [0.5, 0.6) is 0 Å². The number of hydrogen-bond donors (Lipinski definition) is 0. The van der Waals surface area contributed by atoms with Crippen LogP contribution in [0.3, 0.4) is 0 Å². The van der Waals surface area contributed by atoms with Gasteiger partial charge in [-0.05, 0) is 19.4 Å². The molecule has 0 aliphatic heterocycles. The first-order valence-corrected chi connectivity index (χ1v) is 4.51. The summed E-state index contributed by atoms with van der Waals surface area (Å²) in [5, 5.41) is 10.5. The highest BCUT2D eigenvalue weighted by atomic mass is 19.4. The second-order valence-corrected chi connectivity index (χ2v) is 3.48. The number of nitro benzene ring substituents is 1. The zero-order valence-corrected chi connectivity index (χ0v) is 8.96. The van der Waals surface area contributed by atoms with E-state index in [9.17, 15) is 28.1 Å². The number of benzene rings is 1. The Morgan fingerprint density at radius 2 is 1.88 bits per heavy atom. The fourth-order valence-corrected chi connectivity index (χ4v) is 1.46. The van der Waals surface area contributed by atoms with E-state index in [1.807, 2.05) is 0 Å². The fourth-order valence-electron chi connectivity index (χ4n) is 1.46. The Bertz CT molecular complexity index is 494. The van der Waals surface area contributed by atoms with Crippen LogP contribution in [0.15, 0.2) is 12.1 Å². The molecule has 0 aliphatic carbocycles.